The minimum Gasteiger partial charge on any atom is -0.454 e. The molecule has 0 amide bonds. The van der Waals surface area contributed by atoms with Gasteiger partial charge in [-0.1, -0.05) is 17.3 Å². The number of benzene rings is 1. The number of aryl methyl sites for hydroxylation is 2. The van der Waals surface area contributed by atoms with Gasteiger partial charge in [0.1, 0.15) is 12.1 Å². The van der Waals surface area contributed by atoms with Gasteiger partial charge in [-0.05, 0) is 49.4 Å². The Bertz CT molecular complexity index is 1220. The summed E-state index contributed by atoms with van der Waals surface area (Å²) in [6.07, 6.45) is 1.37. The van der Waals surface area contributed by atoms with Crippen LogP contribution in [0.5, 0.6) is 0 Å². The molecule has 0 bridgehead atoms. The highest BCUT2D eigenvalue weighted by Crippen LogP contribution is 2.21. The molecule has 0 fully saturated rings. The Hall–Kier alpha value is -4.08. The fraction of sp³-hybridized carbons (Fsp3) is 0.200. The minimum absolute atomic E-state index is 0.251. The fourth-order valence-corrected chi connectivity index (χ4v) is 3.26. The number of hydrogen-bond donors (Lipinski definition) is 0. The van der Waals surface area contributed by atoms with E-state index < -0.39 is 12.6 Å². The zero-order valence-electron chi connectivity index (χ0n) is 16.6. The van der Waals surface area contributed by atoms with Gasteiger partial charge in [0.25, 0.3) is 0 Å². The van der Waals surface area contributed by atoms with Crippen LogP contribution in [-0.4, -0.2) is 48.3 Å². The van der Waals surface area contributed by atoms with Gasteiger partial charge in [-0.3, -0.25) is 9.36 Å². The molecule has 10 nitrogen and oxygen atoms in total. The van der Waals surface area contributed by atoms with Crippen LogP contribution < -0.4 is 0 Å². The average Bonchev–Trinajstić information content (AvgIpc) is 3.47. The Morgan fingerprint density at radius 1 is 1.10 bits per heavy atom. The van der Waals surface area contributed by atoms with E-state index in [2.05, 4.69) is 20.7 Å². The van der Waals surface area contributed by atoms with Crippen molar-refractivity contribution in [1.82, 2.24) is 29.9 Å². The molecule has 3 heterocycles. The second-order valence-corrected chi connectivity index (χ2v) is 6.69. The predicted octanol–water partition coefficient (Wildman–Crippen LogP) is 2.41. The molecular weight excluding hydrogens is 388 g/mol. The maximum atomic E-state index is 12.7. The highest BCUT2D eigenvalue weighted by Gasteiger charge is 2.21. The third-order valence-electron chi connectivity index (χ3n) is 4.63. The van der Waals surface area contributed by atoms with E-state index in [1.54, 1.807) is 50.2 Å². The van der Waals surface area contributed by atoms with Crippen LogP contribution in [0.2, 0.25) is 0 Å². The summed E-state index contributed by atoms with van der Waals surface area (Å²) in [5.74, 6) is 0.299. The molecule has 152 valence electrons. The van der Waals surface area contributed by atoms with Crippen molar-refractivity contribution in [2.24, 2.45) is 0 Å². The topological polar surface area (TPSA) is 118 Å². The van der Waals surface area contributed by atoms with E-state index in [1.165, 1.54) is 11.0 Å². The van der Waals surface area contributed by atoms with Gasteiger partial charge in [0, 0.05) is 23.0 Å². The van der Waals surface area contributed by atoms with Crippen molar-refractivity contribution in [3.8, 4) is 11.5 Å². The number of nitrogens with zero attached hydrogens (tertiary/aromatic N) is 6. The quantitative estimate of drug-likeness (QED) is 0.354. The first-order valence-electron chi connectivity index (χ1n) is 9.11. The van der Waals surface area contributed by atoms with Gasteiger partial charge in [0.05, 0.1) is 11.3 Å². The normalized spacial score (nSPS) is 10.9. The van der Waals surface area contributed by atoms with Gasteiger partial charge in [-0.15, -0.1) is 5.10 Å². The lowest BCUT2D eigenvalue weighted by atomic mass is 10.1. The molecule has 0 atom stereocenters. The largest absolute Gasteiger partial charge is 0.454 e. The number of rotatable bonds is 6. The maximum Gasteiger partial charge on any atom is 0.340 e. The van der Waals surface area contributed by atoms with E-state index >= 15 is 0 Å². The van der Waals surface area contributed by atoms with Crippen molar-refractivity contribution in [3.63, 3.8) is 0 Å². The number of aromatic nitrogens is 6. The predicted molar refractivity (Wildman–Crippen MR) is 104 cm³/mol. The van der Waals surface area contributed by atoms with Gasteiger partial charge in [-0.25, -0.2) is 4.79 Å². The molecule has 0 N–H and O–H groups in total. The van der Waals surface area contributed by atoms with Crippen LogP contribution >= 0.6 is 0 Å². The van der Waals surface area contributed by atoms with Crippen LogP contribution in [0.4, 0.5) is 0 Å². The van der Waals surface area contributed by atoms with Gasteiger partial charge >= 0.3 is 5.97 Å². The molecule has 0 aliphatic heterocycles. The number of esters is 1. The highest BCUT2D eigenvalue weighted by molar-refractivity contribution is 6.01. The van der Waals surface area contributed by atoms with Crippen LogP contribution in [0.1, 0.15) is 37.9 Å². The second kappa shape index (κ2) is 7.74. The van der Waals surface area contributed by atoms with E-state index in [0.29, 0.717) is 28.5 Å². The molecule has 1 aromatic carbocycles. The number of Topliss-reactive ketones (excluding diaryl/α,β-unsaturated/α-hetero) is 1. The first kappa shape index (κ1) is 19.2. The Kier molecular flexibility index (Phi) is 4.97. The van der Waals surface area contributed by atoms with E-state index in [4.69, 9.17) is 9.26 Å². The number of tetrazole rings is 1. The monoisotopic (exact) mass is 406 g/mol. The molecule has 30 heavy (non-hydrogen) atoms. The minimum atomic E-state index is -0.643. The first-order chi connectivity index (χ1) is 14.5. The smallest absolute Gasteiger partial charge is 0.340 e. The Labute approximate surface area is 171 Å². The molecule has 0 saturated heterocycles. The van der Waals surface area contributed by atoms with E-state index in [0.717, 1.165) is 5.69 Å². The van der Waals surface area contributed by atoms with Crippen molar-refractivity contribution in [2.45, 2.75) is 20.8 Å². The summed E-state index contributed by atoms with van der Waals surface area (Å²) in [5, 5.41) is 14.9. The zero-order chi connectivity index (χ0) is 21.3. The number of carbonyl (C=O) groups excluding carboxylic acids is 2. The Morgan fingerprint density at radius 2 is 1.90 bits per heavy atom. The third-order valence-corrected chi connectivity index (χ3v) is 4.63. The Balaban J connectivity index is 1.52. The number of hydrogen-bond acceptors (Lipinski definition) is 8. The lowest BCUT2D eigenvalue weighted by molar-refractivity contribution is 0.0474. The molecule has 0 radical (unpaired) electrons. The molecular formula is C20H18N6O4. The summed E-state index contributed by atoms with van der Waals surface area (Å²) in [7, 11) is 0. The summed E-state index contributed by atoms with van der Waals surface area (Å²) in [6.45, 7) is 5.07. The van der Waals surface area contributed by atoms with E-state index in [-0.39, 0.29) is 11.3 Å². The fourth-order valence-electron chi connectivity index (χ4n) is 3.26. The molecule has 0 aliphatic rings. The maximum absolute atomic E-state index is 12.7. The van der Waals surface area contributed by atoms with E-state index in [1.807, 2.05) is 11.5 Å². The molecule has 4 rings (SSSR count). The third kappa shape index (κ3) is 3.50. The lowest BCUT2D eigenvalue weighted by Gasteiger charge is -2.09. The van der Waals surface area contributed by atoms with Crippen molar-refractivity contribution in [2.75, 3.05) is 6.61 Å². The van der Waals surface area contributed by atoms with Crippen molar-refractivity contribution in [1.29, 1.82) is 0 Å². The highest BCUT2D eigenvalue weighted by atomic mass is 16.5. The lowest BCUT2D eigenvalue weighted by Crippen LogP contribution is -2.16. The van der Waals surface area contributed by atoms with E-state index in [9.17, 15) is 9.59 Å². The van der Waals surface area contributed by atoms with Crippen molar-refractivity contribution in [3.05, 3.63) is 71.0 Å². The van der Waals surface area contributed by atoms with Gasteiger partial charge < -0.3 is 9.26 Å². The Morgan fingerprint density at radius 3 is 2.60 bits per heavy atom. The molecule has 3 aromatic heterocycles. The molecule has 0 saturated carbocycles. The van der Waals surface area contributed by atoms with Crippen LogP contribution in [-0.2, 0) is 4.74 Å². The van der Waals surface area contributed by atoms with Crippen LogP contribution in [0.3, 0.4) is 0 Å². The summed E-state index contributed by atoms with van der Waals surface area (Å²) in [6, 6.07) is 10.2. The number of carbonyl (C=O) groups is 2. The second-order valence-electron chi connectivity index (χ2n) is 6.69. The summed E-state index contributed by atoms with van der Waals surface area (Å²) in [4.78, 5) is 25.3. The summed E-state index contributed by atoms with van der Waals surface area (Å²) in [5.41, 5.74) is 2.67. The molecule has 0 unspecified atom stereocenters. The standard InChI is InChI=1S/C20H18N6O4/c1-12-8-16(14(3)26(12)19-9-13(2)30-22-19)18(27)10-29-20(28)15-6-4-5-7-17(15)25-11-21-23-24-25/h4-9,11H,10H2,1-3H3. The molecule has 0 spiro atoms. The van der Waals surface area contributed by atoms with Gasteiger partial charge in [-0.2, -0.15) is 4.68 Å². The first-order valence-corrected chi connectivity index (χ1v) is 9.11. The number of para-hydroxylation sites is 1. The number of ether oxygens (including phenoxy) is 1. The SMILES string of the molecule is Cc1cc(-n2c(C)cc(C(=O)COC(=O)c3ccccc3-n3cnnn3)c2C)no1. The summed E-state index contributed by atoms with van der Waals surface area (Å²) < 4.78 is 13.6. The van der Waals surface area contributed by atoms with Crippen LogP contribution in [0.25, 0.3) is 11.5 Å². The molecule has 10 heteroatoms. The average molecular weight is 406 g/mol. The van der Waals surface area contributed by atoms with Gasteiger partial charge in [0.15, 0.2) is 12.4 Å². The van der Waals surface area contributed by atoms with Crippen molar-refractivity contribution < 1.29 is 18.8 Å². The van der Waals surface area contributed by atoms with Crippen LogP contribution in [0.15, 0.2) is 47.2 Å². The molecule has 0 aliphatic carbocycles. The van der Waals surface area contributed by atoms with Crippen LogP contribution in [0, 0.1) is 20.8 Å². The zero-order valence-corrected chi connectivity index (χ0v) is 16.6. The number of ketones is 1. The van der Waals surface area contributed by atoms with Crippen molar-refractivity contribution >= 4 is 11.8 Å². The molecule has 4 aromatic rings. The van der Waals surface area contributed by atoms with Gasteiger partial charge in [0.2, 0.25) is 5.78 Å². The summed E-state index contributed by atoms with van der Waals surface area (Å²) >= 11 is 0.